The molecule has 0 amide bonds. The highest BCUT2D eigenvalue weighted by atomic mass is 35.5. The van der Waals surface area contributed by atoms with Gasteiger partial charge in [0.25, 0.3) is 0 Å². The molecule has 3 aliphatic rings. The summed E-state index contributed by atoms with van der Waals surface area (Å²) in [6.45, 7) is 3.30. The average molecular weight is 349 g/mol. The Labute approximate surface area is 150 Å². The highest BCUT2D eigenvalue weighted by Crippen LogP contribution is 2.61. The van der Waals surface area contributed by atoms with E-state index in [1.54, 1.807) is 0 Å². The van der Waals surface area contributed by atoms with Crippen LogP contribution in [0.2, 0.25) is 0 Å². The molecule has 24 heavy (non-hydrogen) atoms. The highest BCUT2D eigenvalue weighted by Gasteiger charge is 2.55. The van der Waals surface area contributed by atoms with E-state index in [1.165, 1.54) is 43.2 Å². The molecule has 0 bridgehead atoms. The minimum Gasteiger partial charge on any atom is -0.508 e. The van der Waals surface area contributed by atoms with Crippen LogP contribution in [0.1, 0.15) is 62.5 Å². The van der Waals surface area contributed by atoms with Crippen molar-refractivity contribution in [1.29, 1.82) is 0 Å². The molecular formula is C21H29ClO2. The largest absolute Gasteiger partial charge is 0.508 e. The summed E-state index contributed by atoms with van der Waals surface area (Å²) in [7, 11) is 0. The van der Waals surface area contributed by atoms with E-state index in [9.17, 15) is 5.11 Å². The fourth-order valence-corrected chi connectivity index (χ4v) is 6.18. The lowest BCUT2D eigenvalue weighted by molar-refractivity contribution is -0.0635. The quantitative estimate of drug-likeness (QED) is 0.593. The van der Waals surface area contributed by atoms with Crippen molar-refractivity contribution < 1.29 is 9.84 Å². The number of alkyl halides is 1. The van der Waals surface area contributed by atoms with Crippen LogP contribution in [-0.2, 0) is 11.2 Å². The third kappa shape index (κ3) is 2.66. The van der Waals surface area contributed by atoms with Gasteiger partial charge in [0.15, 0.2) is 0 Å². The predicted molar refractivity (Wildman–Crippen MR) is 97.8 cm³/mol. The normalized spacial score (nSPS) is 37.6. The number of benzene rings is 1. The molecule has 0 aromatic heterocycles. The molecule has 0 radical (unpaired) electrons. The van der Waals surface area contributed by atoms with Gasteiger partial charge in [0.1, 0.15) is 5.75 Å². The Morgan fingerprint density at radius 2 is 2.12 bits per heavy atom. The number of ether oxygens (including phenoxy) is 1. The minimum atomic E-state index is 0.349. The fourth-order valence-electron chi connectivity index (χ4n) is 6.07. The first-order chi connectivity index (χ1) is 11.6. The monoisotopic (exact) mass is 348 g/mol. The average Bonchev–Trinajstić information content (AvgIpc) is 2.91. The van der Waals surface area contributed by atoms with Crippen LogP contribution in [0.25, 0.3) is 0 Å². The summed E-state index contributed by atoms with van der Waals surface area (Å²) < 4.78 is 6.26. The van der Waals surface area contributed by atoms with Gasteiger partial charge in [-0.05, 0) is 91.4 Å². The first kappa shape index (κ1) is 16.7. The molecule has 1 aromatic carbocycles. The molecule has 4 rings (SSSR count). The second-order valence-electron chi connectivity index (χ2n) is 8.32. The summed E-state index contributed by atoms with van der Waals surface area (Å²) >= 11 is 5.81. The molecule has 2 fully saturated rings. The van der Waals surface area contributed by atoms with E-state index in [0.717, 1.165) is 31.3 Å². The van der Waals surface area contributed by atoms with Crippen molar-refractivity contribution in [3.8, 4) is 5.75 Å². The Bertz CT molecular complexity index is 602. The van der Waals surface area contributed by atoms with Crippen LogP contribution in [0.4, 0.5) is 0 Å². The number of halogens is 1. The van der Waals surface area contributed by atoms with Crippen molar-refractivity contribution in [3.63, 3.8) is 0 Å². The van der Waals surface area contributed by atoms with Gasteiger partial charge < -0.3 is 9.84 Å². The van der Waals surface area contributed by atoms with Crippen LogP contribution < -0.4 is 0 Å². The van der Waals surface area contributed by atoms with Crippen LogP contribution >= 0.6 is 11.6 Å². The van der Waals surface area contributed by atoms with Gasteiger partial charge in [-0.3, -0.25) is 0 Å². The number of phenols is 1. The standard InChI is InChI=1S/C21H29ClO2/c1-21-10-9-17-16-6-4-15(23)13-14(16)3-5-18(17)19(21)7-8-20(21)24-12-2-11-22/h4,6,13,17-20,23H,2-3,5,7-12H2,1H3/t17-,18-,19+,20+,21+/m1/s1. The number of aromatic hydroxyl groups is 1. The van der Waals surface area contributed by atoms with Gasteiger partial charge in [0, 0.05) is 12.5 Å². The minimum absolute atomic E-state index is 0.349. The molecule has 2 nitrogen and oxygen atoms in total. The summed E-state index contributed by atoms with van der Waals surface area (Å²) in [4.78, 5) is 0. The van der Waals surface area contributed by atoms with E-state index in [1.807, 2.05) is 12.1 Å². The molecule has 5 atom stereocenters. The third-order valence-electron chi connectivity index (χ3n) is 7.22. The molecule has 2 saturated carbocycles. The Kier molecular flexibility index (Phi) is 4.55. The maximum Gasteiger partial charge on any atom is 0.115 e. The lowest BCUT2D eigenvalue weighted by atomic mass is 9.55. The van der Waals surface area contributed by atoms with Crippen molar-refractivity contribution in [2.75, 3.05) is 12.5 Å². The van der Waals surface area contributed by atoms with E-state index < -0.39 is 0 Å². The molecule has 132 valence electrons. The summed E-state index contributed by atoms with van der Waals surface area (Å²) in [5, 5.41) is 9.79. The molecular weight excluding hydrogens is 320 g/mol. The Balaban J connectivity index is 1.54. The third-order valence-corrected chi connectivity index (χ3v) is 7.49. The molecule has 1 N–H and O–H groups in total. The smallest absolute Gasteiger partial charge is 0.115 e. The lowest BCUT2D eigenvalue weighted by Gasteiger charge is -2.50. The number of phenolic OH excluding ortho intramolecular Hbond substituents is 1. The first-order valence-corrected chi connectivity index (χ1v) is 10.2. The number of hydrogen-bond donors (Lipinski definition) is 1. The highest BCUT2D eigenvalue weighted by molar-refractivity contribution is 6.17. The van der Waals surface area contributed by atoms with E-state index in [4.69, 9.17) is 16.3 Å². The van der Waals surface area contributed by atoms with E-state index in [2.05, 4.69) is 13.0 Å². The fraction of sp³-hybridized carbons (Fsp3) is 0.714. The van der Waals surface area contributed by atoms with Gasteiger partial charge in [-0.15, -0.1) is 11.6 Å². The zero-order chi connectivity index (χ0) is 16.7. The maximum atomic E-state index is 9.79. The first-order valence-electron chi connectivity index (χ1n) is 9.63. The summed E-state index contributed by atoms with van der Waals surface area (Å²) in [6.07, 6.45) is 8.85. The predicted octanol–water partition coefficient (Wildman–Crippen LogP) is 5.26. The zero-order valence-electron chi connectivity index (χ0n) is 14.6. The lowest BCUT2D eigenvalue weighted by Crippen LogP contribution is -2.44. The van der Waals surface area contributed by atoms with Crippen molar-refractivity contribution in [2.45, 2.75) is 63.9 Å². The van der Waals surface area contributed by atoms with Gasteiger partial charge in [0.2, 0.25) is 0 Å². The molecule has 3 heteroatoms. The molecule has 0 aliphatic heterocycles. The van der Waals surface area contributed by atoms with Crippen LogP contribution in [0.5, 0.6) is 5.75 Å². The van der Waals surface area contributed by atoms with E-state index in [0.29, 0.717) is 29.1 Å². The van der Waals surface area contributed by atoms with Crippen LogP contribution in [0.3, 0.4) is 0 Å². The summed E-state index contributed by atoms with van der Waals surface area (Å²) in [5.74, 6) is 3.39. The van der Waals surface area contributed by atoms with Crippen molar-refractivity contribution in [3.05, 3.63) is 29.3 Å². The summed E-state index contributed by atoms with van der Waals surface area (Å²) in [6, 6.07) is 6.06. The number of hydrogen-bond acceptors (Lipinski definition) is 2. The molecule has 0 unspecified atom stereocenters. The van der Waals surface area contributed by atoms with E-state index in [-0.39, 0.29) is 0 Å². The van der Waals surface area contributed by atoms with Gasteiger partial charge in [-0.1, -0.05) is 13.0 Å². The maximum absolute atomic E-state index is 9.79. The SMILES string of the molecule is C[C@]12CC[C@@H]3c4ccc(O)cc4CC[C@H]3[C@@H]1CC[C@@H]2OCCCCl. The van der Waals surface area contributed by atoms with Gasteiger partial charge in [0.05, 0.1) is 6.10 Å². The van der Waals surface area contributed by atoms with Gasteiger partial charge in [-0.25, -0.2) is 0 Å². The van der Waals surface area contributed by atoms with Crippen LogP contribution in [0.15, 0.2) is 18.2 Å². The van der Waals surface area contributed by atoms with Gasteiger partial charge >= 0.3 is 0 Å². The molecule has 3 aliphatic carbocycles. The van der Waals surface area contributed by atoms with Crippen molar-refractivity contribution in [2.24, 2.45) is 17.3 Å². The molecule has 0 saturated heterocycles. The second kappa shape index (κ2) is 6.53. The molecule has 0 heterocycles. The summed E-state index contributed by atoms with van der Waals surface area (Å²) in [5.41, 5.74) is 3.24. The van der Waals surface area contributed by atoms with Crippen LogP contribution in [0, 0.1) is 17.3 Å². The Morgan fingerprint density at radius 3 is 2.96 bits per heavy atom. The topological polar surface area (TPSA) is 29.5 Å². The Morgan fingerprint density at radius 1 is 1.25 bits per heavy atom. The molecule has 0 spiro atoms. The molecule has 1 aromatic rings. The second-order valence-corrected chi connectivity index (χ2v) is 8.70. The number of rotatable bonds is 4. The van der Waals surface area contributed by atoms with E-state index >= 15 is 0 Å². The van der Waals surface area contributed by atoms with Crippen LogP contribution in [-0.4, -0.2) is 23.7 Å². The van der Waals surface area contributed by atoms with Crippen molar-refractivity contribution >= 4 is 11.6 Å². The van der Waals surface area contributed by atoms with Crippen molar-refractivity contribution in [1.82, 2.24) is 0 Å². The Hall–Kier alpha value is -0.730. The number of fused-ring (bicyclic) bond motifs is 5. The van der Waals surface area contributed by atoms with Gasteiger partial charge in [-0.2, -0.15) is 0 Å². The number of aryl methyl sites for hydroxylation is 1. The zero-order valence-corrected chi connectivity index (χ0v) is 15.4.